The lowest BCUT2D eigenvalue weighted by Crippen LogP contribution is -2.34. The van der Waals surface area contributed by atoms with Crippen molar-refractivity contribution in [1.29, 1.82) is 0 Å². The summed E-state index contributed by atoms with van der Waals surface area (Å²) in [6.45, 7) is 10.3. The van der Waals surface area contributed by atoms with E-state index in [-0.39, 0.29) is 0 Å². The van der Waals surface area contributed by atoms with Crippen LogP contribution in [0.3, 0.4) is 0 Å². The van der Waals surface area contributed by atoms with E-state index in [1.165, 1.54) is 65.0 Å². The fourth-order valence-corrected chi connectivity index (χ4v) is 3.00. The molecule has 4 heteroatoms. The predicted octanol–water partition coefficient (Wildman–Crippen LogP) is 0.770. The van der Waals surface area contributed by atoms with Gasteiger partial charge in [-0.1, -0.05) is 0 Å². The zero-order valence-electron chi connectivity index (χ0n) is 11.6. The molecule has 0 amide bonds. The first-order chi connectivity index (χ1) is 8.88. The normalized spacial score (nSPS) is 27.5. The number of ether oxygens (including phenoxy) is 1. The highest BCUT2D eigenvalue weighted by atomic mass is 16.5. The van der Waals surface area contributed by atoms with E-state index in [2.05, 4.69) is 9.80 Å². The monoisotopic (exact) mass is 255 g/mol. The molecule has 0 bridgehead atoms. The molecule has 2 heterocycles. The van der Waals surface area contributed by atoms with Gasteiger partial charge >= 0.3 is 0 Å². The number of rotatable bonds is 6. The summed E-state index contributed by atoms with van der Waals surface area (Å²) in [6, 6.07) is 0. The first-order valence-corrected chi connectivity index (χ1v) is 7.61. The highest BCUT2D eigenvalue weighted by Crippen LogP contribution is 2.15. The Morgan fingerprint density at radius 1 is 1.06 bits per heavy atom. The van der Waals surface area contributed by atoms with Crippen molar-refractivity contribution in [2.24, 2.45) is 11.7 Å². The van der Waals surface area contributed by atoms with Gasteiger partial charge in [0.15, 0.2) is 0 Å². The van der Waals surface area contributed by atoms with E-state index >= 15 is 0 Å². The van der Waals surface area contributed by atoms with Crippen LogP contribution in [0.25, 0.3) is 0 Å². The Morgan fingerprint density at radius 3 is 2.67 bits per heavy atom. The van der Waals surface area contributed by atoms with Gasteiger partial charge in [0.1, 0.15) is 0 Å². The molecule has 2 fully saturated rings. The molecule has 0 saturated carbocycles. The van der Waals surface area contributed by atoms with Gasteiger partial charge in [0, 0.05) is 26.2 Å². The summed E-state index contributed by atoms with van der Waals surface area (Å²) < 4.78 is 5.47. The van der Waals surface area contributed by atoms with Crippen LogP contribution in [0.2, 0.25) is 0 Å². The minimum absolute atomic E-state index is 0.786. The quantitative estimate of drug-likeness (QED) is 0.712. The summed E-state index contributed by atoms with van der Waals surface area (Å²) in [5, 5.41) is 0. The summed E-state index contributed by atoms with van der Waals surface area (Å²) in [4.78, 5) is 5.25. The Bertz CT molecular complexity index is 219. The van der Waals surface area contributed by atoms with Gasteiger partial charge in [-0.15, -0.1) is 0 Å². The molecule has 0 aromatic heterocycles. The SMILES string of the molecule is NCCCCN1CCCN(CC2CCOC2)CC1. The van der Waals surface area contributed by atoms with Crippen molar-refractivity contribution >= 4 is 0 Å². The molecule has 2 rings (SSSR count). The average Bonchev–Trinajstić information content (AvgIpc) is 2.78. The molecule has 4 nitrogen and oxygen atoms in total. The minimum atomic E-state index is 0.786. The molecular formula is C14H29N3O. The van der Waals surface area contributed by atoms with E-state index in [9.17, 15) is 0 Å². The van der Waals surface area contributed by atoms with Crippen LogP contribution >= 0.6 is 0 Å². The van der Waals surface area contributed by atoms with E-state index in [0.717, 1.165) is 25.7 Å². The zero-order chi connectivity index (χ0) is 12.6. The highest BCUT2D eigenvalue weighted by molar-refractivity contribution is 4.74. The largest absolute Gasteiger partial charge is 0.381 e. The predicted molar refractivity (Wildman–Crippen MR) is 74.7 cm³/mol. The molecule has 1 atom stereocenters. The fourth-order valence-electron chi connectivity index (χ4n) is 3.00. The van der Waals surface area contributed by atoms with Crippen LogP contribution in [0.5, 0.6) is 0 Å². The molecule has 1 unspecified atom stereocenters. The Hall–Kier alpha value is -0.160. The average molecular weight is 255 g/mol. The first kappa shape index (κ1) is 14.3. The van der Waals surface area contributed by atoms with Crippen LogP contribution in [0, 0.1) is 5.92 Å². The summed E-state index contributed by atoms with van der Waals surface area (Å²) in [5.74, 6) is 0.786. The molecule has 0 spiro atoms. The van der Waals surface area contributed by atoms with Crippen LogP contribution in [0.1, 0.15) is 25.7 Å². The van der Waals surface area contributed by atoms with Gasteiger partial charge in [0.25, 0.3) is 0 Å². The molecule has 2 N–H and O–H groups in total. The van der Waals surface area contributed by atoms with Crippen molar-refractivity contribution in [3.8, 4) is 0 Å². The standard InChI is InChI=1S/C14H29N3O/c15-5-1-2-6-16-7-3-8-17(10-9-16)12-14-4-11-18-13-14/h14H,1-13,15H2. The molecule has 0 radical (unpaired) electrons. The van der Waals surface area contributed by atoms with Gasteiger partial charge in [0.05, 0.1) is 6.61 Å². The Morgan fingerprint density at radius 2 is 1.89 bits per heavy atom. The Kier molecular flexibility index (Phi) is 6.41. The van der Waals surface area contributed by atoms with Crippen molar-refractivity contribution in [2.75, 3.05) is 59.0 Å². The van der Waals surface area contributed by atoms with E-state index < -0.39 is 0 Å². The second kappa shape index (κ2) is 8.10. The third-order valence-corrected chi connectivity index (χ3v) is 4.15. The molecular weight excluding hydrogens is 226 g/mol. The number of hydrogen-bond donors (Lipinski definition) is 1. The second-order valence-corrected chi connectivity index (χ2v) is 5.72. The third-order valence-electron chi connectivity index (χ3n) is 4.15. The maximum absolute atomic E-state index is 5.55. The molecule has 2 aliphatic rings. The summed E-state index contributed by atoms with van der Waals surface area (Å²) in [6.07, 6.45) is 5.00. The number of nitrogens with two attached hydrogens (primary N) is 1. The maximum atomic E-state index is 5.55. The van der Waals surface area contributed by atoms with Crippen LogP contribution < -0.4 is 5.73 Å². The van der Waals surface area contributed by atoms with Gasteiger partial charge in [-0.25, -0.2) is 0 Å². The summed E-state index contributed by atoms with van der Waals surface area (Å²) in [7, 11) is 0. The van der Waals surface area contributed by atoms with Crippen molar-refractivity contribution < 1.29 is 4.74 Å². The van der Waals surface area contributed by atoms with Gasteiger partial charge in [0.2, 0.25) is 0 Å². The van der Waals surface area contributed by atoms with E-state index in [0.29, 0.717) is 0 Å². The van der Waals surface area contributed by atoms with Crippen LogP contribution in [0.15, 0.2) is 0 Å². The van der Waals surface area contributed by atoms with Gasteiger partial charge < -0.3 is 20.3 Å². The van der Waals surface area contributed by atoms with Crippen LogP contribution in [-0.4, -0.2) is 68.8 Å². The summed E-state index contributed by atoms with van der Waals surface area (Å²) in [5.41, 5.74) is 5.55. The molecule has 106 valence electrons. The topological polar surface area (TPSA) is 41.7 Å². The molecule has 2 aliphatic heterocycles. The van der Waals surface area contributed by atoms with E-state index in [4.69, 9.17) is 10.5 Å². The van der Waals surface area contributed by atoms with Gasteiger partial charge in [-0.3, -0.25) is 0 Å². The molecule has 0 aromatic rings. The van der Waals surface area contributed by atoms with Crippen molar-refractivity contribution in [3.63, 3.8) is 0 Å². The zero-order valence-corrected chi connectivity index (χ0v) is 11.6. The smallest absolute Gasteiger partial charge is 0.0507 e. The third kappa shape index (κ3) is 4.84. The van der Waals surface area contributed by atoms with Gasteiger partial charge in [-0.05, 0) is 57.8 Å². The fraction of sp³-hybridized carbons (Fsp3) is 1.00. The number of nitrogens with zero attached hydrogens (tertiary/aromatic N) is 2. The summed E-state index contributed by atoms with van der Waals surface area (Å²) >= 11 is 0. The number of hydrogen-bond acceptors (Lipinski definition) is 4. The van der Waals surface area contributed by atoms with Gasteiger partial charge in [-0.2, -0.15) is 0 Å². The highest BCUT2D eigenvalue weighted by Gasteiger charge is 2.21. The van der Waals surface area contributed by atoms with E-state index in [1.807, 2.05) is 0 Å². The number of unbranched alkanes of at least 4 members (excludes halogenated alkanes) is 1. The van der Waals surface area contributed by atoms with Crippen molar-refractivity contribution in [3.05, 3.63) is 0 Å². The second-order valence-electron chi connectivity index (χ2n) is 5.72. The molecule has 0 aromatic carbocycles. The Labute approximate surface area is 111 Å². The molecule has 0 aliphatic carbocycles. The van der Waals surface area contributed by atoms with Crippen LogP contribution in [0.4, 0.5) is 0 Å². The molecule has 18 heavy (non-hydrogen) atoms. The minimum Gasteiger partial charge on any atom is -0.381 e. The lowest BCUT2D eigenvalue weighted by Gasteiger charge is -2.23. The lowest BCUT2D eigenvalue weighted by molar-refractivity contribution is 0.167. The maximum Gasteiger partial charge on any atom is 0.0507 e. The van der Waals surface area contributed by atoms with E-state index in [1.54, 1.807) is 0 Å². The first-order valence-electron chi connectivity index (χ1n) is 7.61. The van der Waals surface area contributed by atoms with Crippen LogP contribution in [-0.2, 0) is 4.74 Å². The van der Waals surface area contributed by atoms with Crippen molar-refractivity contribution in [2.45, 2.75) is 25.7 Å². The molecule has 2 saturated heterocycles. The lowest BCUT2D eigenvalue weighted by atomic mass is 10.1. The Balaban J connectivity index is 1.64. The van der Waals surface area contributed by atoms with Crippen molar-refractivity contribution in [1.82, 2.24) is 9.80 Å².